The molecular weight excluding hydrogens is 251 g/mol. The summed E-state index contributed by atoms with van der Waals surface area (Å²) in [4.78, 5) is 0. The molecule has 1 fully saturated rings. The minimum absolute atomic E-state index is 0.176. The van der Waals surface area contributed by atoms with Crippen molar-refractivity contribution in [1.82, 2.24) is 0 Å². The van der Waals surface area contributed by atoms with Crippen LogP contribution in [0.15, 0.2) is 48.5 Å². The van der Waals surface area contributed by atoms with Gasteiger partial charge in [0.15, 0.2) is 0 Å². The van der Waals surface area contributed by atoms with Crippen LogP contribution < -0.4 is 0 Å². The Morgan fingerprint density at radius 3 is 2.65 bits per heavy atom. The lowest BCUT2D eigenvalue weighted by Crippen LogP contribution is -2.04. The Kier molecular flexibility index (Phi) is 2.67. The lowest BCUT2D eigenvalue weighted by atomic mass is 9.92. The Morgan fingerprint density at radius 1 is 1.05 bits per heavy atom. The van der Waals surface area contributed by atoms with Gasteiger partial charge in [0.25, 0.3) is 0 Å². The number of hydrogen-bond acceptors (Lipinski definition) is 1. The summed E-state index contributed by atoms with van der Waals surface area (Å²) in [7, 11) is 0. The van der Waals surface area contributed by atoms with Crippen molar-refractivity contribution in [3.05, 3.63) is 71.0 Å². The van der Waals surface area contributed by atoms with Crippen molar-refractivity contribution in [3.8, 4) is 0 Å². The van der Waals surface area contributed by atoms with E-state index in [2.05, 4.69) is 24.3 Å². The normalized spacial score (nSPS) is 28.4. The van der Waals surface area contributed by atoms with E-state index in [0.29, 0.717) is 17.4 Å². The van der Waals surface area contributed by atoms with Gasteiger partial charge in [-0.25, -0.2) is 4.39 Å². The van der Waals surface area contributed by atoms with E-state index in [1.54, 1.807) is 18.2 Å². The number of aliphatic hydroxyl groups excluding tert-OH is 1. The maximum atomic E-state index is 13.8. The highest BCUT2D eigenvalue weighted by atomic mass is 19.1. The Bertz CT molecular complexity index is 651. The minimum atomic E-state index is -0.683. The molecule has 102 valence electrons. The second kappa shape index (κ2) is 4.42. The molecule has 2 aromatic carbocycles. The monoisotopic (exact) mass is 268 g/mol. The molecule has 4 rings (SSSR count). The van der Waals surface area contributed by atoms with Gasteiger partial charge in [0.1, 0.15) is 5.82 Å². The molecule has 2 aliphatic carbocycles. The van der Waals surface area contributed by atoms with E-state index in [0.717, 1.165) is 12.8 Å². The number of rotatable bonds is 2. The number of aryl methyl sites for hydroxylation is 1. The van der Waals surface area contributed by atoms with Crippen LogP contribution in [0.1, 0.15) is 35.1 Å². The predicted octanol–water partition coefficient (Wildman–Crippen LogP) is 3.84. The average Bonchev–Trinajstić information content (AvgIpc) is 3.22. The molecule has 0 aliphatic heterocycles. The highest BCUT2D eigenvalue weighted by molar-refractivity contribution is 5.41. The minimum Gasteiger partial charge on any atom is -0.388 e. The first-order valence-corrected chi connectivity index (χ1v) is 7.27. The van der Waals surface area contributed by atoms with E-state index >= 15 is 0 Å². The van der Waals surface area contributed by atoms with Crippen molar-refractivity contribution >= 4 is 0 Å². The molecule has 0 aromatic heterocycles. The fraction of sp³-hybridized carbons (Fsp3) is 0.333. The Balaban J connectivity index is 1.66. The van der Waals surface area contributed by atoms with Crippen LogP contribution in [0.2, 0.25) is 0 Å². The fourth-order valence-electron chi connectivity index (χ4n) is 3.97. The van der Waals surface area contributed by atoms with Crippen LogP contribution in [0, 0.1) is 17.7 Å². The molecule has 2 aliphatic rings. The molecule has 1 saturated carbocycles. The molecule has 0 saturated heterocycles. The summed E-state index contributed by atoms with van der Waals surface area (Å²) in [6, 6.07) is 15.1. The van der Waals surface area contributed by atoms with Crippen molar-refractivity contribution in [2.45, 2.75) is 24.9 Å². The molecule has 0 spiro atoms. The Morgan fingerprint density at radius 2 is 1.80 bits per heavy atom. The van der Waals surface area contributed by atoms with Gasteiger partial charge in [-0.05, 0) is 47.8 Å². The maximum absolute atomic E-state index is 13.8. The molecule has 1 N–H and O–H groups in total. The van der Waals surface area contributed by atoms with E-state index in [1.807, 2.05) is 0 Å². The van der Waals surface area contributed by atoms with Gasteiger partial charge in [-0.2, -0.15) is 0 Å². The van der Waals surface area contributed by atoms with Crippen LogP contribution in [0.3, 0.4) is 0 Å². The summed E-state index contributed by atoms with van der Waals surface area (Å²) < 4.78 is 13.8. The second-order valence-electron chi connectivity index (χ2n) is 5.97. The predicted molar refractivity (Wildman–Crippen MR) is 75.8 cm³/mol. The Hall–Kier alpha value is -1.67. The molecule has 4 atom stereocenters. The standard InChI is InChI=1S/C18H17FO/c19-15-8-4-3-7-13(15)18(20)17-14-10-9-11-5-1-2-6-12(11)16(14)17/h1-8,14,16-18,20H,9-10H2. The number of benzene rings is 2. The third-order valence-electron chi connectivity index (χ3n) is 4.98. The molecule has 2 heteroatoms. The van der Waals surface area contributed by atoms with Gasteiger partial charge in [-0.15, -0.1) is 0 Å². The third-order valence-corrected chi connectivity index (χ3v) is 4.98. The summed E-state index contributed by atoms with van der Waals surface area (Å²) in [5, 5.41) is 10.6. The number of halogens is 1. The van der Waals surface area contributed by atoms with E-state index in [4.69, 9.17) is 0 Å². The summed E-state index contributed by atoms with van der Waals surface area (Å²) in [6.45, 7) is 0. The van der Waals surface area contributed by atoms with E-state index < -0.39 is 6.10 Å². The zero-order chi connectivity index (χ0) is 13.7. The zero-order valence-corrected chi connectivity index (χ0v) is 11.2. The molecule has 0 radical (unpaired) electrons. The molecule has 1 nitrogen and oxygen atoms in total. The van der Waals surface area contributed by atoms with Crippen LogP contribution >= 0.6 is 0 Å². The van der Waals surface area contributed by atoms with Gasteiger partial charge in [0.2, 0.25) is 0 Å². The van der Waals surface area contributed by atoms with E-state index in [-0.39, 0.29) is 11.7 Å². The summed E-state index contributed by atoms with van der Waals surface area (Å²) >= 11 is 0. The first kappa shape index (κ1) is 12.1. The number of aliphatic hydroxyl groups is 1. The van der Waals surface area contributed by atoms with Gasteiger partial charge in [-0.3, -0.25) is 0 Å². The van der Waals surface area contributed by atoms with Crippen molar-refractivity contribution in [2.24, 2.45) is 11.8 Å². The van der Waals surface area contributed by atoms with Gasteiger partial charge < -0.3 is 5.11 Å². The van der Waals surface area contributed by atoms with E-state index in [1.165, 1.54) is 17.2 Å². The molecule has 2 aromatic rings. The molecule has 0 heterocycles. The molecule has 0 bridgehead atoms. The van der Waals surface area contributed by atoms with Crippen molar-refractivity contribution in [2.75, 3.05) is 0 Å². The largest absolute Gasteiger partial charge is 0.388 e. The van der Waals surface area contributed by atoms with Crippen LogP contribution in [-0.2, 0) is 6.42 Å². The van der Waals surface area contributed by atoms with Gasteiger partial charge in [0, 0.05) is 5.56 Å². The summed E-state index contributed by atoms with van der Waals surface area (Å²) in [6.07, 6.45) is 1.51. The number of hydrogen-bond donors (Lipinski definition) is 1. The summed E-state index contributed by atoms with van der Waals surface area (Å²) in [5.41, 5.74) is 3.21. The first-order chi connectivity index (χ1) is 9.77. The Labute approximate surface area is 118 Å². The highest BCUT2D eigenvalue weighted by Gasteiger charge is 2.56. The van der Waals surface area contributed by atoms with Crippen molar-refractivity contribution in [1.29, 1.82) is 0 Å². The molecule has 0 amide bonds. The summed E-state index contributed by atoms with van der Waals surface area (Å²) in [5.74, 6) is 0.807. The smallest absolute Gasteiger partial charge is 0.129 e. The highest BCUT2D eigenvalue weighted by Crippen LogP contribution is 2.64. The van der Waals surface area contributed by atoms with E-state index in [9.17, 15) is 9.50 Å². The lowest BCUT2D eigenvalue weighted by molar-refractivity contribution is 0.140. The topological polar surface area (TPSA) is 20.2 Å². The maximum Gasteiger partial charge on any atom is 0.129 e. The van der Waals surface area contributed by atoms with Crippen LogP contribution in [-0.4, -0.2) is 5.11 Å². The first-order valence-electron chi connectivity index (χ1n) is 7.27. The molecule has 4 unspecified atom stereocenters. The van der Waals surface area contributed by atoms with Crippen molar-refractivity contribution in [3.63, 3.8) is 0 Å². The fourth-order valence-corrected chi connectivity index (χ4v) is 3.97. The van der Waals surface area contributed by atoms with Gasteiger partial charge in [-0.1, -0.05) is 42.5 Å². The number of fused-ring (bicyclic) bond motifs is 3. The SMILES string of the molecule is OC(c1ccccc1F)C1C2CCc3ccccc3C21. The van der Waals surface area contributed by atoms with Crippen LogP contribution in [0.5, 0.6) is 0 Å². The molecular formula is C18H17FO. The van der Waals surface area contributed by atoms with Crippen LogP contribution in [0.4, 0.5) is 4.39 Å². The lowest BCUT2D eigenvalue weighted by Gasteiger charge is -2.13. The van der Waals surface area contributed by atoms with Gasteiger partial charge >= 0.3 is 0 Å². The van der Waals surface area contributed by atoms with Crippen LogP contribution in [0.25, 0.3) is 0 Å². The quantitative estimate of drug-likeness (QED) is 0.877. The molecule has 20 heavy (non-hydrogen) atoms. The average molecular weight is 268 g/mol. The van der Waals surface area contributed by atoms with Crippen molar-refractivity contribution < 1.29 is 9.50 Å². The third kappa shape index (κ3) is 1.71. The second-order valence-corrected chi connectivity index (χ2v) is 5.97. The zero-order valence-electron chi connectivity index (χ0n) is 11.2. The van der Waals surface area contributed by atoms with Gasteiger partial charge in [0.05, 0.1) is 6.10 Å².